The van der Waals surface area contributed by atoms with E-state index in [9.17, 15) is 4.79 Å². The van der Waals surface area contributed by atoms with Gasteiger partial charge in [0.05, 0.1) is 0 Å². The number of carbonyl (C=O) groups excluding carboxylic acids is 1. The second-order valence-electron chi connectivity index (χ2n) is 4.55. The van der Waals surface area contributed by atoms with Crippen molar-refractivity contribution >= 4 is 11.6 Å². The van der Waals surface area contributed by atoms with E-state index in [2.05, 4.69) is 22.4 Å². The Morgan fingerprint density at radius 1 is 1.16 bits per heavy atom. The van der Waals surface area contributed by atoms with Crippen molar-refractivity contribution in [3.8, 4) is 0 Å². The van der Waals surface area contributed by atoms with E-state index in [0.29, 0.717) is 18.7 Å². The van der Waals surface area contributed by atoms with Gasteiger partial charge in [0.2, 0.25) is 0 Å². The fourth-order valence-corrected chi connectivity index (χ4v) is 2.29. The van der Waals surface area contributed by atoms with Crippen molar-refractivity contribution in [3.63, 3.8) is 0 Å². The standard InChI is InChI=1S/C15H15N3O/c19-15(12-5-7-16-8-6-12)18-10-9-17-14-4-2-1-3-13(14)11-18/h1-8,17H,9-11H2. The number of benzene rings is 1. The van der Waals surface area contributed by atoms with Crippen LogP contribution in [0, 0.1) is 0 Å². The lowest BCUT2D eigenvalue weighted by Crippen LogP contribution is -2.32. The predicted octanol–water partition coefficient (Wildman–Crippen LogP) is 2.15. The largest absolute Gasteiger partial charge is 0.383 e. The first-order valence-corrected chi connectivity index (χ1v) is 6.36. The van der Waals surface area contributed by atoms with E-state index in [0.717, 1.165) is 17.8 Å². The number of nitrogens with one attached hydrogen (secondary N) is 1. The number of rotatable bonds is 1. The molecule has 96 valence electrons. The molecule has 0 spiro atoms. The number of anilines is 1. The number of para-hydroxylation sites is 1. The summed E-state index contributed by atoms with van der Waals surface area (Å²) in [5.74, 6) is 0.0564. The van der Waals surface area contributed by atoms with Gasteiger partial charge in [-0.1, -0.05) is 18.2 Å². The van der Waals surface area contributed by atoms with E-state index in [1.165, 1.54) is 0 Å². The predicted molar refractivity (Wildman–Crippen MR) is 73.9 cm³/mol. The summed E-state index contributed by atoms with van der Waals surface area (Å²) in [6, 6.07) is 11.6. The Morgan fingerprint density at radius 3 is 2.79 bits per heavy atom. The molecule has 1 aromatic carbocycles. The fourth-order valence-electron chi connectivity index (χ4n) is 2.29. The van der Waals surface area contributed by atoms with E-state index in [-0.39, 0.29) is 5.91 Å². The monoisotopic (exact) mass is 253 g/mol. The number of nitrogens with zero attached hydrogens (tertiary/aromatic N) is 2. The van der Waals surface area contributed by atoms with Crippen molar-refractivity contribution in [2.75, 3.05) is 18.4 Å². The Labute approximate surface area is 112 Å². The molecule has 2 aromatic rings. The molecule has 3 rings (SSSR count). The Morgan fingerprint density at radius 2 is 1.95 bits per heavy atom. The maximum Gasteiger partial charge on any atom is 0.254 e. The minimum atomic E-state index is 0.0564. The smallest absolute Gasteiger partial charge is 0.254 e. The van der Waals surface area contributed by atoms with Crippen molar-refractivity contribution in [2.24, 2.45) is 0 Å². The molecular formula is C15H15N3O. The lowest BCUT2D eigenvalue weighted by atomic mass is 10.1. The first kappa shape index (κ1) is 11.7. The number of hydrogen-bond donors (Lipinski definition) is 1. The van der Waals surface area contributed by atoms with Gasteiger partial charge in [0.15, 0.2) is 0 Å². The van der Waals surface area contributed by atoms with Crippen LogP contribution in [0.1, 0.15) is 15.9 Å². The summed E-state index contributed by atoms with van der Waals surface area (Å²) in [7, 11) is 0. The zero-order valence-corrected chi connectivity index (χ0v) is 10.5. The van der Waals surface area contributed by atoms with Gasteiger partial charge in [-0.05, 0) is 23.8 Å². The van der Waals surface area contributed by atoms with Crippen LogP contribution in [0.5, 0.6) is 0 Å². The lowest BCUT2D eigenvalue weighted by molar-refractivity contribution is 0.0753. The maximum atomic E-state index is 12.4. The molecule has 1 aliphatic rings. The van der Waals surface area contributed by atoms with Gasteiger partial charge >= 0.3 is 0 Å². The summed E-state index contributed by atoms with van der Waals surface area (Å²) in [6.45, 7) is 2.12. The maximum absolute atomic E-state index is 12.4. The van der Waals surface area contributed by atoms with Crippen molar-refractivity contribution in [2.45, 2.75) is 6.54 Å². The van der Waals surface area contributed by atoms with Crippen molar-refractivity contribution in [1.82, 2.24) is 9.88 Å². The van der Waals surface area contributed by atoms with Gasteiger partial charge < -0.3 is 10.2 Å². The molecule has 4 nitrogen and oxygen atoms in total. The number of pyridine rings is 1. The third-order valence-corrected chi connectivity index (χ3v) is 3.29. The number of hydrogen-bond acceptors (Lipinski definition) is 3. The average molecular weight is 253 g/mol. The molecule has 1 aliphatic heterocycles. The third-order valence-electron chi connectivity index (χ3n) is 3.29. The molecule has 4 heteroatoms. The number of amides is 1. The lowest BCUT2D eigenvalue weighted by Gasteiger charge is -2.20. The zero-order chi connectivity index (χ0) is 13.1. The second-order valence-corrected chi connectivity index (χ2v) is 4.55. The Kier molecular flexibility index (Phi) is 3.14. The van der Waals surface area contributed by atoms with E-state index in [1.807, 2.05) is 17.0 Å². The van der Waals surface area contributed by atoms with Crippen LogP contribution >= 0.6 is 0 Å². The molecule has 0 radical (unpaired) electrons. The normalized spacial score (nSPS) is 14.2. The Balaban J connectivity index is 1.85. The van der Waals surface area contributed by atoms with Gasteiger partial charge in [-0.3, -0.25) is 9.78 Å². The summed E-state index contributed by atoms with van der Waals surface area (Å²) in [6.07, 6.45) is 3.30. The van der Waals surface area contributed by atoms with Crippen LogP contribution in [0.2, 0.25) is 0 Å². The summed E-state index contributed by atoms with van der Waals surface area (Å²) >= 11 is 0. The Bertz CT molecular complexity index is 583. The first-order valence-electron chi connectivity index (χ1n) is 6.36. The number of carbonyl (C=O) groups is 1. The molecule has 0 unspecified atom stereocenters. The van der Waals surface area contributed by atoms with Gasteiger partial charge in [0.1, 0.15) is 0 Å². The summed E-state index contributed by atoms with van der Waals surface area (Å²) in [4.78, 5) is 18.2. The highest BCUT2D eigenvalue weighted by Gasteiger charge is 2.19. The van der Waals surface area contributed by atoms with E-state index in [4.69, 9.17) is 0 Å². The molecule has 0 atom stereocenters. The molecule has 0 bridgehead atoms. The molecule has 2 heterocycles. The van der Waals surface area contributed by atoms with Crippen molar-refractivity contribution < 1.29 is 4.79 Å². The highest BCUT2D eigenvalue weighted by molar-refractivity contribution is 5.94. The molecular weight excluding hydrogens is 238 g/mol. The fraction of sp³-hybridized carbons (Fsp3) is 0.200. The van der Waals surface area contributed by atoms with Crippen LogP contribution in [-0.4, -0.2) is 28.9 Å². The minimum absolute atomic E-state index is 0.0564. The molecule has 0 saturated carbocycles. The minimum Gasteiger partial charge on any atom is -0.383 e. The van der Waals surface area contributed by atoms with Crippen molar-refractivity contribution in [1.29, 1.82) is 0 Å². The summed E-state index contributed by atoms with van der Waals surface area (Å²) in [5.41, 5.74) is 2.96. The highest BCUT2D eigenvalue weighted by Crippen LogP contribution is 2.20. The van der Waals surface area contributed by atoms with Crippen LogP contribution in [0.4, 0.5) is 5.69 Å². The van der Waals surface area contributed by atoms with Gasteiger partial charge in [-0.2, -0.15) is 0 Å². The summed E-state index contributed by atoms with van der Waals surface area (Å²) < 4.78 is 0. The third kappa shape index (κ3) is 2.42. The Hall–Kier alpha value is -2.36. The van der Waals surface area contributed by atoms with Crippen LogP contribution in [0.25, 0.3) is 0 Å². The van der Waals surface area contributed by atoms with E-state index >= 15 is 0 Å². The van der Waals surface area contributed by atoms with Crippen molar-refractivity contribution in [3.05, 3.63) is 59.9 Å². The quantitative estimate of drug-likeness (QED) is 0.847. The number of fused-ring (bicyclic) bond motifs is 1. The van der Waals surface area contributed by atoms with Crippen LogP contribution in [-0.2, 0) is 6.54 Å². The van der Waals surface area contributed by atoms with Gasteiger partial charge in [0, 0.05) is 43.3 Å². The number of aromatic nitrogens is 1. The van der Waals surface area contributed by atoms with Crippen LogP contribution < -0.4 is 5.32 Å². The molecule has 0 fully saturated rings. The van der Waals surface area contributed by atoms with Gasteiger partial charge in [0.25, 0.3) is 5.91 Å². The van der Waals surface area contributed by atoms with Crippen LogP contribution in [0.15, 0.2) is 48.8 Å². The van der Waals surface area contributed by atoms with E-state index < -0.39 is 0 Å². The SMILES string of the molecule is O=C(c1ccncc1)N1CCNc2ccccc2C1. The van der Waals surface area contributed by atoms with Gasteiger partial charge in [-0.15, -0.1) is 0 Å². The van der Waals surface area contributed by atoms with Gasteiger partial charge in [-0.25, -0.2) is 0 Å². The molecule has 1 amide bonds. The highest BCUT2D eigenvalue weighted by atomic mass is 16.2. The first-order chi connectivity index (χ1) is 9.34. The topological polar surface area (TPSA) is 45.2 Å². The van der Waals surface area contributed by atoms with E-state index in [1.54, 1.807) is 24.5 Å². The molecule has 1 aromatic heterocycles. The zero-order valence-electron chi connectivity index (χ0n) is 10.5. The molecule has 0 aliphatic carbocycles. The molecule has 1 N–H and O–H groups in total. The average Bonchev–Trinajstić information content (AvgIpc) is 2.69. The molecule has 0 saturated heterocycles. The summed E-state index contributed by atoms with van der Waals surface area (Å²) in [5, 5.41) is 3.36. The second kappa shape index (κ2) is 5.10. The molecule has 19 heavy (non-hydrogen) atoms. The van der Waals surface area contributed by atoms with Crippen LogP contribution in [0.3, 0.4) is 0 Å².